The van der Waals surface area contributed by atoms with E-state index in [2.05, 4.69) is 27.6 Å². The second-order valence-electron chi connectivity index (χ2n) is 5.38. The molecule has 3 aromatic rings. The van der Waals surface area contributed by atoms with Gasteiger partial charge in [-0.15, -0.1) is 0 Å². The molecular formula is C16H15IN2O2S. The molecule has 0 amide bonds. The van der Waals surface area contributed by atoms with Crippen molar-refractivity contribution in [1.82, 2.24) is 8.96 Å². The lowest BCUT2D eigenvalue weighted by molar-refractivity contribution is 0.588. The summed E-state index contributed by atoms with van der Waals surface area (Å²) in [5.74, 6) is 0. The van der Waals surface area contributed by atoms with Gasteiger partial charge in [-0.1, -0.05) is 0 Å². The van der Waals surface area contributed by atoms with Crippen LogP contribution in [0.4, 0.5) is 0 Å². The summed E-state index contributed by atoms with van der Waals surface area (Å²) in [6.07, 6.45) is 1.39. The second-order valence-corrected chi connectivity index (χ2v) is 8.41. The molecule has 0 spiro atoms. The quantitative estimate of drug-likeness (QED) is 0.586. The summed E-state index contributed by atoms with van der Waals surface area (Å²) >= 11 is 2.17. The maximum atomic E-state index is 13.0. The highest BCUT2D eigenvalue weighted by molar-refractivity contribution is 14.1. The molecule has 0 aliphatic heterocycles. The van der Waals surface area contributed by atoms with Crippen LogP contribution in [0.2, 0.25) is 0 Å². The molecule has 4 nitrogen and oxygen atoms in total. The van der Waals surface area contributed by atoms with Crippen molar-refractivity contribution in [2.24, 2.45) is 0 Å². The lowest BCUT2D eigenvalue weighted by Crippen LogP contribution is -2.13. The highest BCUT2D eigenvalue weighted by Crippen LogP contribution is 2.25. The Morgan fingerprint density at radius 2 is 1.68 bits per heavy atom. The van der Waals surface area contributed by atoms with E-state index in [9.17, 15) is 8.42 Å². The van der Waals surface area contributed by atoms with Gasteiger partial charge in [0.25, 0.3) is 10.0 Å². The third kappa shape index (κ3) is 2.44. The third-order valence-electron chi connectivity index (χ3n) is 3.80. The number of fused-ring (bicyclic) bond motifs is 1. The molecule has 0 saturated heterocycles. The smallest absolute Gasteiger partial charge is 0.236 e. The maximum absolute atomic E-state index is 13.0. The number of hydrogen-bond donors (Lipinski definition) is 0. The largest absolute Gasteiger partial charge is 0.269 e. The van der Waals surface area contributed by atoms with E-state index in [0.29, 0.717) is 15.9 Å². The molecule has 6 heteroatoms. The minimum atomic E-state index is -3.65. The standard InChI is InChI=1S/C16H15IN2O2S/c1-10-7-14-15(8-11(10)2)19(9-18-14)22(20,21)16-5-4-13(17)6-12(16)3/h4-9H,1-3H3. The van der Waals surface area contributed by atoms with E-state index in [0.717, 1.165) is 20.3 Å². The zero-order chi connectivity index (χ0) is 16.1. The van der Waals surface area contributed by atoms with Crippen LogP contribution in [-0.2, 0) is 10.0 Å². The predicted molar refractivity (Wildman–Crippen MR) is 95.7 cm³/mol. The number of hydrogen-bond acceptors (Lipinski definition) is 3. The summed E-state index contributed by atoms with van der Waals surface area (Å²) in [5, 5.41) is 0. The molecule has 0 unspecified atom stereocenters. The van der Waals surface area contributed by atoms with Gasteiger partial charge < -0.3 is 0 Å². The maximum Gasteiger partial charge on any atom is 0.269 e. The van der Waals surface area contributed by atoms with Gasteiger partial charge in [0.05, 0.1) is 15.9 Å². The van der Waals surface area contributed by atoms with E-state index in [1.54, 1.807) is 12.1 Å². The van der Waals surface area contributed by atoms with Crippen LogP contribution in [0.15, 0.2) is 41.6 Å². The minimum Gasteiger partial charge on any atom is -0.236 e. The topological polar surface area (TPSA) is 52.0 Å². The molecule has 2 aromatic carbocycles. The average Bonchev–Trinajstić information content (AvgIpc) is 2.82. The van der Waals surface area contributed by atoms with Gasteiger partial charge >= 0.3 is 0 Å². The fourth-order valence-corrected chi connectivity index (χ4v) is 4.58. The van der Waals surface area contributed by atoms with E-state index in [1.165, 1.54) is 10.3 Å². The molecular weight excluding hydrogens is 411 g/mol. The first-order chi connectivity index (χ1) is 10.3. The first kappa shape index (κ1) is 15.5. The van der Waals surface area contributed by atoms with Crippen LogP contribution in [0.3, 0.4) is 0 Å². The van der Waals surface area contributed by atoms with Crippen LogP contribution < -0.4 is 0 Å². The molecule has 0 radical (unpaired) electrons. The predicted octanol–water partition coefficient (Wildman–Crippen LogP) is 3.80. The Kier molecular flexibility index (Phi) is 3.76. The lowest BCUT2D eigenvalue weighted by Gasteiger charge is -2.10. The second kappa shape index (κ2) is 5.34. The van der Waals surface area contributed by atoms with Gasteiger partial charge in [-0.2, -0.15) is 0 Å². The number of nitrogens with zero attached hydrogens (tertiary/aromatic N) is 2. The van der Waals surface area contributed by atoms with Crippen LogP contribution in [0.25, 0.3) is 11.0 Å². The number of aryl methyl sites for hydroxylation is 3. The zero-order valence-electron chi connectivity index (χ0n) is 12.5. The molecule has 22 heavy (non-hydrogen) atoms. The summed E-state index contributed by atoms with van der Waals surface area (Å²) in [6, 6.07) is 9.10. The molecule has 1 aromatic heterocycles. The lowest BCUT2D eigenvalue weighted by atomic mass is 10.1. The van der Waals surface area contributed by atoms with Crippen molar-refractivity contribution in [2.75, 3.05) is 0 Å². The SMILES string of the molecule is Cc1cc2ncn(S(=O)(=O)c3ccc(I)cc3C)c2cc1C. The van der Waals surface area contributed by atoms with E-state index in [-0.39, 0.29) is 0 Å². The molecule has 0 aliphatic rings. The fourth-order valence-electron chi connectivity index (χ4n) is 2.44. The minimum absolute atomic E-state index is 0.311. The van der Waals surface area contributed by atoms with Gasteiger partial charge in [-0.05, 0) is 90.4 Å². The molecule has 0 bridgehead atoms. The molecule has 0 saturated carbocycles. The summed E-state index contributed by atoms with van der Waals surface area (Å²) in [6.45, 7) is 5.77. The van der Waals surface area contributed by atoms with Crippen LogP contribution in [-0.4, -0.2) is 17.4 Å². The molecule has 114 valence electrons. The Morgan fingerprint density at radius 1 is 1.00 bits per heavy atom. The summed E-state index contributed by atoms with van der Waals surface area (Å²) in [7, 11) is -3.65. The van der Waals surface area contributed by atoms with E-state index < -0.39 is 10.0 Å². The Bertz CT molecular complexity index is 991. The van der Waals surface area contributed by atoms with Crippen molar-refractivity contribution in [3.05, 3.63) is 56.9 Å². The first-order valence-corrected chi connectivity index (χ1v) is 9.28. The van der Waals surface area contributed by atoms with Crippen molar-refractivity contribution >= 4 is 43.6 Å². The van der Waals surface area contributed by atoms with Gasteiger partial charge in [-0.3, -0.25) is 0 Å². The number of benzene rings is 2. The summed E-state index contributed by atoms with van der Waals surface area (Å²) < 4.78 is 28.2. The summed E-state index contributed by atoms with van der Waals surface area (Å²) in [5.41, 5.74) is 4.18. The van der Waals surface area contributed by atoms with Crippen LogP contribution in [0.1, 0.15) is 16.7 Å². The fraction of sp³-hybridized carbons (Fsp3) is 0.188. The van der Waals surface area contributed by atoms with Crippen LogP contribution in [0, 0.1) is 24.3 Å². The Hall–Kier alpha value is -1.41. The van der Waals surface area contributed by atoms with Crippen LogP contribution >= 0.6 is 22.6 Å². The van der Waals surface area contributed by atoms with E-state index in [1.807, 2.05) is 39.0 Å². The Morgan fingerprint density at radius 3 is 2.36 bits per heavy atom. The number of imidazole rings is 1. The molecule has 1 heterocycles. The number of halogens is 1. The monoisotopic (exact) mass is 426 g/mol. The first-order valence-electron chi connectivity index (χ1n) is 6.77. The van der Waals surface area contributed by atoms with Gasteiger partial charge in [0.2, 0.25) is 0 Å². The third-order valence-corrected chi connectivity index (χ3v) is 6.30. The molecule has 0 N–H and O–H groups in total. The van der Waals surface area contributed by atoms with E-state index >= 15 is 0 Å². The highest BCUT2D eigenvalue weighted by Gasteiger charge is 2.22. The van der Waals surface area contributed by atoms with Gasteiger partial charge in [-0.25, -0.2) is 17.4 Å². The van der Waals surface area contributed by atoms with Gasteiger partial charge in [0.1, 0.15) is 6.33 Å². The number of aromatic nitrogens is 2. The molecule has 0 aliphatic carbocycles. The molecule has 3 rings (SSSR count). The number of rotatable bonds is 2. The normalized spacial score (nSPS) is 12.0. The average molecular weight is 426 g/mol. The van der Waals surface area contributed by atoms with Crippen LogP contribution in [0.5, 0.6) is 0 Å². The van der Waals surface area contributed by atoms with Crippen molar-refractivity contribution in [3.63, 3.8) is 0 Å². The van der Waals surface area contributed by atoms with E-state index in [4.69, 9.17) is 0 Å². The van der Waals surface area contributed by atoms with Gasteiger partial charge in [0.15, 0.2) is 0 Å². The van der Waals surface area contributed by atoms with Crippen molar-refractivity contribution in [2.45, 2.75) is 25.7 Å². The highest BCUT2D eigenvalue weighted by atomic mass is 127. The molecule has 0 fully saturated rings. The summed E-state index contributed by atoms with van der Waals surface area (Å²) in [4.78, 5) is 4.55. The van der Waals surface area contributed by atoms with Crippen molar-refractivity contribution in [3.8, 4) is 0 Å². The zero-order valence-corrected chi connectivity index (χ0v) is 15.4. The van der Waals surface area contributed by atoms with Gasteiger partial charge in [0, 0.05) is 3.57 Å². The Labute approximate surface area is 143 Å². The molecule has 0 atom stereocenters. The van der Waals surface area contributed by atoms with Crippen molar-refractivity contribution < 1.29 is 8.42 Å². The Balaban J connectivity index is 2.28. The van der Waals surface area contributed by atoms with Crippen molar-refractivity contribution in [1.29, 1.82) is 0 Å².